The van der Waals surface area contributed by atoms with Gasteiger partial charge in [-0.1, -0.05) is 25.4 Å². The lowest BCUT2D eigenvalue weighted by molar-refractivity contribution is 0.149. The lowest BCUT2D eigenvalue weighted by Crippen LogP contribution is -2.29. The maximum Gasteiger partial charge on any atom is 0.0992 e. The van der Waals surface area contributed by atoms with Gasteiger partial charge in [-0.25, -0.2) is 0 Å². The molecule has 1 aromatic rings. The summed E-state index contributed by atoms with van der Waals surface area (Å²) >= 11 is 6.05. The highest BCUT2D eigenvalue weighted by atomic mass is 35.5. The first-order chi connectivity index (χ1) is 8.04. The Labute approximate surface area is 107 Å². The molecule has 0 bridgehead atoms. The van der Waals surface area contributed by atoms with Crippen LogP contribution in [-0.2, 0) is 0 Å². The van der Waals surface area contributed by atoms with Crippen molar-refractivity contribution in [3.05, 3.63) is 28.8 Å². The van der Waals surface area contributed by atoms with E-state index in [0.717, 1.165) is 12.1 Å². The molecule has 0 heterocycles. The van der Waals surface area contributed by atoms with Crippen molar-refractivity contribution in [1.82, 2.24) is 0 Å². The molecule has 4 heteroatoms. The summed E-state index contributed by atoms with van der Waals surface area (Å²) in [5, 5.41) is 21.8. The van der Waals surface area contributed by atoms with E-state index in [4.69, 9.17) is 16.9 Å². The van der Waals surface area contributed by atoms with Gasteiger partial charge in [0.25, 0.3) is 0 Å². The second-order valence-electron chi connectivity index (χ2n) is 4.48. The molecule has 1 atom stereocenters. The topological polar surface area (TPSA) is 56.0 Å². The number of aliphatic hydroxyl groups excluding tert-OH is 1. The van der Waals surface area contributed by atoms with Crippen LogP contribution in [0.1, 0.15) is 25.8 Å². The van der Waals surface area contributed by atoms with Gasteiger partial charge in [-0.2, -0.15) is 5.26 Å². The van der Waals surface area contributed by atoms with Crippen LogP contribution in [0.15, 0.2) is 18.2 Å². The molecule has 0 amide bonds. The molecule has 0 spiro atoms. The van der Waals surface area contributed by atoms with Gasteiger partial charge < -0.3 is 10.4 Å². The van der Waals surface area contributed by atoms with E-state index in [1.165, 1.54) is 0 Å². The van der Waals surface area contributed by atoms with Gasteiger partial charge >= 0.3 is 0 Å². The summed E-state index contributed by atoms with van der Waals surface area (Å²) in [5.41, 5.74) is 1.18. The minimum atomic E-state index is -0.156. The highest BCUT2D eigenvalue weighted by molar-refractivity contribution is 6.33. The van der Waals surface area contributed by atoms with E-state index >= 15 is 0 Å². The van der Waals surface area contributed by atoms with E-state index < -0.39 is 0 Å². The van der Waals surface area contributed by atoms with Crippen LogP contribution >= 0.6 is 11.6 Å². The molecule has 0 aliphatic heterocycles. The van der Waals surface area contributed by atoms with Crippen LogP contribution < -0.4 is 5.32 Å². The number of hydrogen-bond acceptors (Lipinski definition) is 3. The highest BCUT2D eigenvalue weighted by Gasteiger charge is 2.20. The number of rotatable bonds is 5. The predicted octanol–water partition coefficient (Wildman–Crippen LogP) is 3.03. The molecule has 0 aliphatic carbocycles. The van der Waals surface area contributed by atoms with Crippen LogP contribution in [0.3, 0.4) is 0 Å². The van der Waals surface area contributed by atoms with E-state index in [9.17, 15) is 5.11 Å². The summed E-state index contributed by atoms with van der Waals surface area (Å²) in [6.07, 6.45) is 0.879. The lowest BCUT2D eigenvalue weighted by atomic mass is 9.88. The zero-order chi connectivity index (χ0) is 12.9. The summed E-state index contributed by atoms with van der Waals surface area (Å²) in [6.45, 7) is 4.83. The Balaban J connectivity index is 2.74. The Hall–Kier alpha value is -1.24. The summed E-state index contributed by atoms with van der Waals surface area (Å²) in [7, 11) is 0. The Morgan fingerprint density at radius 2 is 2.24 bits per heavy atom. The Morgan fingerprint density at radius 1 is 1.53 bits per heavy atom. The maximum absolute atomic E-state index is 9.30. The molecule has 3 nitrogen and oxygen atoms in total. The van der Waals surface area contributed by atoms with Crippen LogP contribution in [0.2, 0.25) is 5.02 Å². The van der Waals surface area contributed by atoms with E-state index in [-0.39, 0.29) is 12.0 Å². The summed E-state index contributed by atoms with van der Waals surface area (Å²) in [5.74, 6) is 0. The number of hydrogen-bond donors (Lipinski definition) is 2. The number of nitriles is 1. The fraction of sp³-hybridized carbons (Fsp3) is 0.462. The first-order valence-electron chi connectivity index (χ1n) is 5.59. The van der Waals surface area contributed by atoms with Gasteiger partial charge in [0.1, 0.15) is 0 Å². The SMILES string of the molecule is CCC(C)(CO)CNc1ccc(C#N)cc1Cl. The third-order valence-electron chi connectivity index (χ3n) is 3.04. The quantitative estimate of drug-likeness (QED) is 0.847. The Kier molecular flexibility index (Phi) is 4.80. The molecule has 2 N–H and O–H groups in total. The largest absolute Gasteiger partial charge is 0.396 e. The van der Waals surface area contributed by atoms with Crippen LogP contribution in [0.4, 0.5) is 5.69 Å². The Bertz CT molecular complexity index is 422. The molecule has 0 aromatic heterocycles. The second-order valence-corrected chi connectivity index (χ2v) is 4.89. The van der Waals surface area contributed by atoms with Crippen molar-refractivity contribution < 1.29 is 5.11 Å². The van der Waals surface area contributed by atoms with Gasteiger partial charge in [0.15, 0.2) is 0 Å². The van der Waals surface area contributed by atoms with Gasteiger partial charge in [-0.3, -0.25) is 0 Å². The molecular weight excluding hydrogens is 236 g/mol. The van der Waals surface area contributed by atoms with Crippen molar-refractivity contribution in [1.29, 1.82) is 5.26 Å². The molecule has 1 rings (SSSR count). The minimum absolute atomic E-state index is 0.129. The van der Waals surface area contributed by atoms with Crippen molar-refractivity contribution in [3.63, 3.8) is 0 Å². The maximum atomic E-state index is 9.30. The van der Waals surface area contributed by atoms with Gasteiger partial charge in [0, 0.05) is 12.0 Å². The van der Waals surface area contributed by atoms with E-state index in [0.29, 0.717) is 17.1 Å². The van der Waals surface area contributed by atoms with Gasteiger partial charge in [-0.15, -0.1) is 0 Å². The number of anilines is 1. The lowest BCUT2D eigenvalue weighted by Gasteiger charge is -2.26. The normalized spacial score (nSPS) is 13.8. The summed E-state index contributed by atoms with van der Waals surface area (Å²) in [6, 6.07) is 7.17. The van der Waals surface area contributed by atoms with E-state index in [1.54, 1.807) is 18.2 Å². The third kappa shape index (κ3) is 3.62. The monoisotopic (exact) mass is 252 g/mol. The van der Waals surface area contributed by atoms with E-state index in [2.05, 4.69) is 5.32 Å². The number of nitrogens with one attached hydrogen (secondary N) is 1. The fourth-order valence-electron chi connectivity index (χ4n) is 1.33. The number of benzene rings is 1. The zero-order valence-corrected chi connectivity index (χ0v) is 10.9. The fourth-order valence-corrected chi connectivity index (χ4v) is 1.58. The number of nitrogens with zero attached hydrogens (tertiary/aromatic N) is 1. The molecule has 0 fully saturated rings. The van der Waals surface area contributed by atoms with Crippen molar-refractivity contribution in [2.75, 3.05) is 18.5 Å². The van der Waals surface area contributed by atoms with Crippen LogP contribution in [0.25, 0.3) is 0 Å². The second kappa shape index (κ2) is 5.90. The van der Waals surface area contributed by atoms with Crippen molar-refractivity contribution in [3.8, 4) is 6.07 Å². The zero-order valence-electron chi connectivity index (χ0n) is 10.1. The smallest absolute Gasteiger partial charge is 0.0992 e. The van der Waals surface area contributed by atoms with Crippen molar-refractivity contribution in [2.45, 2.75) is 20.3 Å². The third-order valence-corrected chi connectivity index (χ3v) is 3.35. The van der Waals surface area contributed by atoms with Gasteiger partial charge in [-0.05, 0) is 24.6 Å². The highest BCUT2D eigenvalue weighted by Crippen LogP contribution is 2.26. The molecule has 0 saturated carbocycles. The van der Waals surface area contributed by atoms with Crippen LogP contribution in [0, 0.1) is 16.7 Å². The predicted molar refractivity (Wildman–Crippen MR) is 70.1 cm³/mol. The van der Waals surface area contributed by atoms with Crippen LogP contribution in [0.5, 0.6) is 0 Å². The Morgan fingerprint density at radius 3 is 2.71 bits per heavy atom. The van der Waals surface area contributed by atoms with Gasteiger partial charge in [0.2, 0.25) is 0 Å². The molecular formula is C13H17ClN2O. The summed E-state index contributed by atoms with van der Waals surface area (Å²) < 4.78 is 0. The standard InChI is InChI=1S/C13H17ClN2O/c1-3-13(2,9-17)8-16-12-5-4-10(7-15)6-11(12)14/h4-6,16-17H,3,8-9H2,1-2H3. The first kappa shape index (κ1) is 13.8. The van der Waals surface area contributed by atoms with Crippen molar-refractivity contribution in [2.24, 2.45) is 5.41 Å². The first-order valence-corrected chi connectivity index (χ1v) is 5.97. The molecule has 17 heavy (non-hydrogen) atoms. The summed E-state index contributed by atoms with van der Waals surface area (Å²) in [4.78, 5) is 0. The van der Waals surface area contributed by atoms with E-state index in [1.807, 2.05) is 19.9 Å². The molecule has 1 unspecified atom stereocenters. The minimum Gasteiger partial charge on any atom is -0.396 e. The van der Waals surface area contributed by atoms with Gasteiger partial charge in [0.05, 0.1) is 28.9 Å². The molecule has 1 aromatic carbocycles. The average Bonchev–Trinajstić information content (AvgIpc) is 2.36. The van der Waals surface area contributed by atoms with Crippen LogP contribution in [-0.4, -0.2) is 18.3 Å². The molecule has 0 aliphatic rings. The molecule has 0 radical (unpaired) electrons. The number of aliphatic hydroxyl groups is 1. The van der Waals surface area contributed by atoms with Crippen molar-refractivity contribution >= 4 is 17.3 Å². The molecule has 92 valence electrons. The molecule has 0 saturated heterocycles. The average molecular weight is 253 g/mol. The number of halogens is 1.